The molecule has 0 aliphatic heterocycles. The summed E-state index contributed by atoms with van der Waals surface area (Å²) in [5.74, 6) is -0.218. The van der Waals surface area contributed by atoms with Gasteiger partial charge in [-0.15, -0.1) is 6.58 Å². The highest BCUT2D eigenvalue weighted by Crippen LogP contribution is 2.35. The second-order valence-corrected chi connectivity index (χ2v) is 3.97. The molecule has 1 aromatic rings. The number of allylic oxidation sites excluding steroid dienone is 3. The van der Waals surface area contributed by atoms with E-state index in [2.05, 4.69) is 17.6 Å². The van der Waals surface area contributed by atoms with E-state index in [4.69, 9.17) is 11.6 Å². The molecule has 3 heteroatoms. The van der Waals surface area contributed by atoms with Crippen molar-refractivity contribution >= 4 is 17.2 Å². The SMILES string of the molecule is C=CC1C=C(c2ccnc(F)c2Cl)CC1. The molecule has 0 spiro atoms. The number of nitrogens with zero attached hydrogens (tertiary/aromatic N) is 1. The van der Waals surface area contributed by atoms with Gasteiger partial charge < -0.3 is 0 Å². The molecule has 1 unspecified atom stereocenters. The van der Waals surface area contributed by atoms with Crippen molar-refractivity contribution < 1.29 is 4.39 Å². The zero-order valence-corrected chi connectivity index (χ0v) is 8.97. The zero-order chi connectivity index (χ0) is 10.8. The summed E-state index contributed by atoms with van der Waals surface area (Å²) >= 11 is 5.86. The van der Waals surface area contributed by atoms with Gasteiger partial charge in [-0.2, -0.15) is 4.39 Å². The fourth-order valence-corrected chi connectivity index (χ4v) is 2.06. The summed E-state index contributed by atoms with van der Waals surface area (Å²) in [6.45, 7) is 3.75. The summed E-state index contributed by atoms with van der Waals surface area (Å²) in [5.41, 5.74) is 1.85. The number of halogens is 2. The van der Waals surface area contributed by atoms with Gasteiger partial charge in [0.2, 0.25) is 5.95 Å². The fraction of sp³-hybridized carbons (Fsp3) is 0.250. The molecule has 78 valence electrons. The van der Waals surface area contributed by atoms with Crippen molar-refractivity contribution in [3.63, 3.8) is 0 Å². The van der Waals surface area contributed by atoms with Crippen LogP contribution in [0.4, 0.5) is 4.39 Å². The monoisotopic (exact) mass is 223 g/mol. The van der Waals surface area contributed by atoms with Crippen LogP contribution in [0.25, 0.3) is 5.57 Å². The molecule has 0 saturated heterocycles. The third-order valence-electron chi connectivity index (χ3n) is 2.66. The average Bonchev–Trinajstić information content (AvgIpc) is 2.70. The first-order valence-corrected chi connectivity index (χ1v) is 5.24. The van der Waals surface area contributed by atoms with Crippen LogP contribution in [0, 0.1) is 11.9 Å². The molecule has 1 atom stereocenters. The molecule has 0 bridgehead atoms. The summed E-state index contributed by atoms with van der Waals surface area (Å²) in [6, 6.07) is 1.75. The van der Waals surface area contributed by atoms with Gasteiger partial charge >= 0.3 is 0 Å². The Morgan fingerprint density at radius 2 is 2.40 bits per heavy atom. The number of pyridine rings is 1. The molecule has 0 fully saturated rings. The first-order valence-electron chi connectivity index (χ1n) is 4.86. The van der Waals surface area contributed by atoms with Crippen LogP contribution in [-0.2, 0) is 0 Å². The van der Waals surface area contributed by atoms with Gasteiger partial charge in [0.1, 0.15) is 5.02 Å². The van der Waals surface area contributed by atoms with E-state index in [1.165, 1.54) is 6.20 Å². The molecule has 0 aromatic carbocycles. The predicted molar refractivity (Wildman–Crippen MR) is 60.1 cm³/mol. The van der Waals surface area contributed by atoms with Crippen LogP contribution in [0.3, 0.4) is 0 Å². The molecule has 2 rings (SSSR count). The van der Waals surface area contributed by atoms with Crippen LogP contribution in [0.2, 0.25) is 5.02 Å². The smallest absolute Gasteiger partial charge is 0.227 e. The van der Waals surface area contributed by atoms with Gasteiger partial charge in [-0.05, 0) is 30.4 Å². The highest BCUT2D eigenvalue weighted by Gasteiger charge is 2.17. The largest absolute Gasteiger partial charge is 0.232 e. The van der Waals surface area contributed by atoms with Gasteiger partial charge in [0, 0.05) is 11.8 Å². The maximum absolute atomic E-state index is 13.1. The first-order chi connectivity index (χ1) is 7.22. The van der Waals surface area contributed by atoms with Gasteiger partial charge in [-0.3, -0.25) is 0 Å². The van der Waals surface area contributed by atoms with Crippen molar-refractivity contribution in [3.8, 4) is 0 Å². The number of rotatable bonds is 2. The Morgan fingerprint density at radius 1 is 1.60 bits per heavy atom. The molecule has 0 radical (unpaired) electrons. The first kappa shape index (κ1) is 10.4. The number of hydrogen-bond acceptors (Lipinski definition) is 1. The summed E-state index contributed by atoms with van der Waals surface area (Å²) < 4.78 is 13.1. The summed E-state index contributed by atoms with van der Waals surface area (Å²) in [5, 5.41) is 0.119. The third-order valence-corrected chi connectivity index (χ3v) is 3.02. The lowest BCUT2D eigenvalue weighted by molar-refractivity contribution is 0.583. The minimum Gasteiger partial charge on any atom is -0.227 e. The molecule has 1 heterocycles. The van der Waals surface area contributed by atoms with Crippen molar-refractivity contribution in [1.82, 2.24) is 4.98 Å². The van der Waals surface area contributed by atoms with E-state index in [1.807, 2.05) is 6.08 Å². The minimum atomic E-state index is -0.600. The second kappa shape index (κ2) is 4.15. The van der Waals surface area contributed by atoms with Crippen molar-refractivity contribution in [1.29, 1.82) is 0 Å². The Morgan fingerprint density at radius 3 is 3.07 bits per heavy atom. The Bertz CT molecular complexity index is 426. The molecule has 1 aliphatic rings. The van der Waals surface area contributed by atoms with Gasteiger partial charge in [-0.1, -0.05) is 23.8 Å². The van der Waals surface area contributed by atoms with E-state index in [0.29, 0.717) is 5.92 Å². The van der Waals surface area contributed by atoms with Gasteiger partial charge in [-0.25, -0.2) is 4.98 Å². The van der Waals surface area contributed by atoms with Gasteiger partial charge in [0.05, 0.1) is 0 Å². The summed E-state index contributed by atoms with van der Waals surface area (Å²) in [4.78, 5) is 3.50. The lowest BCUT2D eigenvalue weighted by atomic mass is 10.1. The maximum Gasteiger partial charge on any atom is 0.232 e. The molecule has 1 aromatic heterocycles. The average molecular weight is 224 g/mol. The highest BCUT2D eigenvalue weighted by atomic mass is 35.5. The maximum atomic E-state index is 13.1. The van der Waals surface area contributed by atoms with E-state index >= 15 is 0 Å². The second-order valence-electron chi connectivity index (χ2n) is 3.59. The summed E-state index contributed by atoms with van der Waals surface area (Å²) in [6.07, 6.45) is 7.38. The van der Waals surface area contributed by atoms with Crippen LogP contribution in [0.1, 0.15) is 18.4 Å². The Hall–Kier alpha value is -1.15. The molecular formula is C12H11ClFN. The Labute approximate surface area is 93.3 Å². The normalized spacial score (nSPS) is 20.1. The summed E-state index contributed by atoms with van der Waals surface area (Å²) in [7, 11) is 0. The molecule has 15 heavy (non-hydrogen) atoms. The van der Waals surface area contributed by atoms with Crippen molar-refractivity contribution in [2.45, 2.75) is 12.8 Å². The van der Waals surface area contributed by atoms with Crippen LogP contribution in [0.15, 0.2) is 31.0 Å². The van der Waals surface area contributed by atoms with Gasteiger partial charge in [0.25, 0.3) is 0 Å². The molecule has 0 saturated carbocycles. The lowest BCUT2D eigenvalue weighted by Gasteiger charge is -2.04. The van der Waals surface area contributed by atoms with E-state index in [0.717, 1.165) is 24.0 Å². The van der Waals surface area contributed by atoms with Crippen LogP contribution in [0.5, 0.6) is 0 Å². The van der Waals surface area contributed by atoms with Crippen LogP contribution in [-0.4, -0.2) is 4.98 Å². The predicted octanol–water partition coefficient (Wildman–Crippen LogP) is 3.85. The van der Waals surface area contributed by atoms with E-state index in [-0.39, 0.29) is 5.02 Å². The standard InChI is InChI=1S/C12H11ClFN/c1-2-8-3-4-9(7-8)10-5-6-15-12(14)11(10)13/h2,5-8H,1,3-4H2. The minimum absolute atomic E-state index is 0.119. The van der Waals surface area contributed by atoms with Gasteiger partial charge in [0.15, 0.2) is 0 Å². The van der Waals surface area contributed by atoms with Crippen LogP contribution >= 0.6 is 11.6 Å². The number of hydrogen-bond donors (Lipinski definition) is 0. The fourth-order valence-electron chi connectivity index (χ4n) is 1.82. The molecular weight excluding hydrogens is 213 g/mol. The van der Waals surface area contributed by atoms with Crippen molar-refractivity contribution in [2.75, 3.05) is 0 Å². The molecule has 1 nitrogen and oxygen atoms in total. The zero-order valence-electron chi connectivity index (χ0n) is 8.21. The Kier molecular flexibility index (Phi) is 2.87. The van der Waals surface area contributed by atoms with Crippen molar-refractivity contribution in [3.05, 3.63) is 47.5 Å². The molecule has 0 N–H and O–H groups in total. The van der Waals surface area contributed by atoms with Crippen LogP contribution < -0.4 is 0 Å². The third kappa shape index (κ3) is 1.95. The quantitative estimate of drug-likeness (QED) is 0.548. The van der Waals surface area contributed by atoms with E-state index < -0.39 is 5.95 Å². The van der Waals surface area contributed by atoms with E-state index in [9.17, 15) is 4.39 Å². The van der Waals surface area contributed by atoms with E-state index in [1.54, 1.807) is 6.07 Å². The Balaban J connectivity index is 2.39. The molecule has 1 aliphatic carbocycles. The van der Waals surface area contributed by atoms with Crippen molar-refractivity contribution in [2.24, 2.45) is 5.92 Å². The highest BCUT2D eigenvalue weighted by molar-refractivity contribution is 6.32. The lowest BCUT2D eigenvalue weighted by Crippen LogP contribution is -1.89. The molecule has 0 amide bonds. The number of aromatic nitrogens is 1. The topological polar surface area (TPSA) is 12.9 Å².